The molecular weight excluding hydrogens is 381 g/mol. The van der Waals surface area contributed by atoms with Crippen LogP contribution < -0.4 is 5.32 Å². The highest BCUT2D eigenvalue weighted by atomic mass is 35.5. The molecule has 0 fully saturated rings. The predicted molar refractivity (Wildman–Crippen MR) is 104 cm³/mol. The molecule has 6 nitrogen and oxygen atoms in total. The Hall–Kier alpha value is -3.32. The smallest absolute Gasteiger partial charge is 0.253 e. The number of fused-ring (bicyclic) bond motifs is 1. The van der Waals surface area contributed by atoms with Crippen LogP contribution in [0.25, 0.3) is 16.9 Å². The molecule has 0 saturated heterocycles. The van der Waals surface area contributed by atoms with Gasteiger partial charge in [-0.05, 0) is 37.3 Å². The number of hydrogen-bond donors (Lipinski definition) is 1. The van der Waals surface area contributed by atoms with Crippen molar-refractivity contribution < 1.29 is 9.18 Å². The zero-order chi connectivity index (χ0) is 19.7. The second kappa shape index (κ2) is 7.36. The van der Waals surface area contributed by atoms with Gasteiger partial charge in [-0.2, -0.15) is 9.61 Å². The maximum Gasteiger partial charge on any atom is 0.253 e. The second-order valence-electron chi connectivity index (χ2n) is 6.28. The average molecular weight is 396 g/mol. The first-order valence-corrected chi connectivity index (χ1v) is 8.91. The van der Waals surface area contributed by atoms with Gasteiger partial charge in [0.25, 0.3) is 5.91 Å². The first-order chi connectivity index (χ1) is 13.5. The van der Waals surface area contributed by atoms with Crippen molar-refractivity contribution in [2.75, 3.05) is 0 Å². The van der Waals surface area contributed by atoms with E-state index in [0.717, 1.165) is 22.9 Å². The maximum atomic E-state index is 13.4. The van der Waals surface area contributed by atoms with E-state index in [2.05, 4.69) is 20.6 Å². The van der Waals surface area contributed by atoms with Gasteiger partial charge in [-0.15, -0.1) is 10.2 Å². The summed E-state index contributed by atoms with van der Waals surface area (Å²) in [5.74, 6) is -0.590. The topological polar surface area (TPSA) is 72.2 Å². The molecule has 2 aromatic carbocycles. The molecule has 2 heterocycles. The molecular formula is C20H15ClFN5O. The Morgan fingerprint density at radius 2 is 1.89 bits per heavy atom. The number of carbonyl (C=O) groups is 1. The van der Waals surface area contributed by atoms with Gasteiger partial charge in [-0.1, -0.05) is 41.4 Å². The molecule has 140 valence electrons. The Morgan fingerprint density at radius 3 is 2.68 bits per heavy atom. The fraction of sp³-hybridized carbons (Fsp3) is 0.100. The molecule has 0 radical (unpaired) electrons. The molecule has 0 aliphatic heterocycles. The zero-order valence-electron chi connectivity index (χ0n) is 14.9. The molecule has 8 heteroatoms. The van der Waals surface area contributed by atoms with Gasteiger partial charge in [0.2, 0.25) is 0 Å². The number of hydrogen-bond acceptors (Lipinski definition) is 4. The lowest BCUT2D eigenvalue weighted by molar-refractivity contribution is 0.0949. The summed E-state index contributed by atoms with van der Waals surface area (Å²) in [5.41, 5.74) is 3.50. The van der Waals surface area contributed by atoms with Crippen LogP contribution in [0.1, 0.15) is 21.7 Å². The van der Waals surface area contributed by atoms with E-state index in [-0.39, 0.29) is 17.1 Å². The molecule has 0 unspecified atom stereocenters. The number of benzene rings is 2. The highest BCUT2D eigenvalue weighted by molar-refractivity contribution is 6.33. The molecule has 0 atom stereocenters. The standard InChI is InChI=1S/C20H15ClFN5O/c1-12-2-4-13(5-3-12)17-8-9-18-24-25-19(27(18)26-17)11-23-20(28)15-10-14(22)6-7-16(15)21/h2-10H,11H2,1H3,(H,23,28). The minimum Gasteiger partial charge on any atom is -0.345 e. The number of carbonyl (C=O) groups excluding carboxylic acids is 1. The van der Waals surface area contributed by atoms with Gasteiger partial charge >= 0.3 is 0 Å². The van der Waals surface area contributed by atoms with Gasteiger partial charge in [-0.25, -0.2) is 4.39 Å². The second-order valence-corrected chi connectivity index (χ2v) is 6.68. The quantitative estimate of drug-likeness (QED) is 0.570. The predicted octanol–water partition coefficient (Wildman–Crippen LogP) is 3.82. The SMILES string of the molecule is Cc1ccc(-c2ccc3nnc(CNC(=O)c4cc(F)ccc4Cl)n3n2)cc1. The lowest BCUT2D eigenvalue weighted by Crippen LogP contribution is -2.24. The Morgan fingerprint density at radius 1 is 1.11 bits per heavy atom. The van der Waals surface area contributed by atoms with Crippen molar-refractivity contribution in [3.8, 4) is 11.3 Å². The van der Waals surface area contributed by atoms with E-state index in [4.69, 9.17) is 11.6 Å². The molecule has 1 N–H and O–H groups in total. The molecule has 0 aliphatic rings. The van der Waals surface area contributed by atoms with E-state index >= 15 is 0 Å². The number of rotatable bonds is 4. The number of nitrogens with one attached hydrogen (secondary N) is 1. The number of aryl methyl sites for hydroxylation is 1. The first-order valence-electron chi connectivity index (χ1n) is 8.53. The summed E-state index contributed by atoms with van der Waals surface area (Å²) in [6.07, 6.45) is 0. The van der Waals surface area contributed by atoms with Gasteiger partial charge in [0.05, 0.1) is 22.8 Å². The fourth-order valence-corrected chi connectivity index (χ4v) is 2.95. The summed E-state index contributed by atoms with van der Waals surface area (Å²) < 4.78 is 15.0. The van der Waals surface area contributed by atoms with Crippen molar-refractivity contribution in [2.45, 2.75) is 13.5 Å². The Labute approximate surface area is 165 Å². The molecule has 4 aromatic rings. The molecule has 0 aliphatic carbocycles. The molecule has 0 saturated carbocycles. The van der Waals surface area contributed by atoms with Crippen molar-refractivity contribution in [3.05, 3.63) is 82.4 Å². The van der Waals surface area contributed by atoms with E-state index < -0.39 is 11.7 Å². The summed E-state index contributed by atoms with van der Waals surface area (Å²) in [6.45, 7) is 2.09. The monoisotopic (exact) mass is 395 g/mol. The Bertz CT molecular complexity index is 1170. The minimum absolute atomic E-state index is 0.0591. The van der Waals surface area contributed by atoms with E-state index in [1.54, 1.807) is 4.52 Å². The third-order valence-electron chi connectivity index (χ3n) is 4.25. The summed E-state index contributed by atoms with van der Waals surface area (Å²) in [4.78, 5) is 12.3. The number of halogens is 2. The van der Waals surface area contributed by atoms with Crippen LogP contribution in [0.4, 0.5) is 4.39 Å². The van der Waals surface area contributed by atoms with Crippen molar-refractivity contribution in [1.29, 1.82) is 0 Å². The van der Waals surface area contributed by atoms with Gasteiger partial charge < -0.3 is 5.32 Å². The van der Waals surface area contributed by atoms with Crippen LogP contribution >= 0.6 is 11.6 Å². The summed E-state index contributed by atoms with van der Waals surface area (Å²) in [5, 5.41) is 15.6. The van der Waals surface area contributed by atoms with Gasteiger partial charge in [0, 0.05) is 5.56 Å². The van der Waals surface area contributed by atoms with Crippen molar-refractivity contribution in [3.63, 3.8) is 0 Å². The fourth-order valence-electron chi connectivity index (χ4n) is 2.75. The summed E-state index contributed by atoms with van der Waals surface area (Å²) >= 11 is 5.97. The van der Waals surface area contributed by atoms with Crippen LogP contribution in [-0.2, 0) is 6.54 Å². The average Bonchev–Trinajstić information content (AvgIpc) is 3.11. The first kappa shape index (κ1) is 18.1. The zero-order valence-corrected chi connectivity index (χ0v) is 15.6. The van der Waals surface area contributed by atoms with Crippen LogP contribution in [-0.4, -0.2) is 25.7 Å². The van der Waals surface area contributed by atoms with Crippen molar-refractivity contribution in [1.82, 2.24) is 25.1 Å². The lowest BCUT2D eigenvalue weighted by atomic mass is 10.1. The molecule has 0 bridgehead atoms. The third kappa shape index (κ3) is 3.57. The molecule has 4 rings (SSSR count). The van der Waals surface area contributed by atoms with Gasteiger partial charge in [-0.3, -0.25) is 4.79 Å². The van der Waals surface area contributed by atoms with Crippen LogP contribution in [0.3, 0.4) is 0 Å². The van der Waals surface area contributed by atoms with Gasteiger partial charge in [0.15, 0.2) is 11.5 Å². The van der Waals surface area contributed by atoms with Crippen LogP contribution in [0.5, 0.6) is 0 Å². The molecule has 2 aromatic heterocycles. The van der Waals surface area contributed by atoms with Crippen molar-refractivity contribution in [2.24, 2.45) is 0 Å². The molecule has 1 amide bonds. The largest absolute Gasteiger partial charge is 0.345 e. The van der Waals surface area contributed by atoms with Crippen LogP contribution in [0, 0.1) is 12.7 Å². The highest BCUT2D eigenvalue weighted by Gasteiger charge is 2.14. The molecule has 0 spiro atoms. The van der Waals surface area contributed by atoms with E-state index in [1.807, 2.05) is 43.3 Å². The number of amides is 1. The Balaban J connectivity index is 1.59. The number of aromatic nitrogens is 4. The highest BCUT2D eigenvalue weighted by Crippen LogP contribution is 2.19. The van der Waals surface area contributed by atoms with E-state index in [0.29, 0.717) is 11.5 Å². The van der Waals surface area contributed by atoms with Crippen LogP contribution in [0.15, 0.2) is 54.6 Å². The van der Waals surface area contributed by atoms with Gasteiger partial charge in [0.1, 0.15) is 5.82 Å². The Kier molecular flexibility index (Phi) is 4.75. The summed E-state index contributed by atoms with van der Waals surface area (Å²) in [6, 6.07) is 15.3. The normalized spacial score (nSPS) is 11.0. The minimum atomic E-state index is -0.535. The molecule has 28 heavy (non-hydrogen) atoms. The lowest BCUT2D eigenvalue weighted by Gasteiger charge is -2.07. The number of nitrogens with zero attached hydrogens (tertiary/aromatic N) is 4. The van der Waals surface area contributed by atoms with E-state index in [9.17, 15) is 9.18 Å². The van der Waals surface area contributed by atoms with Crippen molar-refractivity contribution >= 4 is 23.2 Å². The third-order valence-corrected chi connectivity index (χ3v) is 4.58. The summed E-state index contributed by atoms with van der Waals surface area (Å²) in [7, 11) is 0. The van der Waals surface area contributed by atoms with Crippen LogP contribution in [0.2, 0.25) is 5.02 Å². The van der Waals surface area contributed by atoms with E-state index in [1.165, 1.54) is 12.1 Å². The maximum absolute atomic E-state index is 13.4.